The second kappa shape index (κ2) is 8.76. The molecule has 0 aromatic heterocycles. The number of hydrogen-bond donors (Lipinski definition) is 0. The smallest absolute Gasteiger partial charge is 0.123 e. The molecule has 2 aromatic rings. The fourth-order valence-electron chi connectivity index (χ4n) is 4.41. The zero-order valence-corrected chi connectivity index (χ0v) is 16.7. The molecule has 0 aliphatic carbocycles. The highest BCUT2D eigenvalue weighted by Gasteiger charge is 2.42. The lowest BCUT2D eigenvalue weighted by molar-refractivity contribution is 0.194. The Morgan fingerprint density at radius 1 is 1.00 bits per heavy atom. The van der Waals surface area contributed by atoms with Crippen molar-refractivity contribution in [2.75, 3.05) is 30.4 Å². The zero-order valence-electron chi connectivity index (χ0n) is 15.1. The van der Waals surface area contributed by atoms with Gasteiger partial charge in [0.1, 0.15) is 11.6 Å². The number of nitrogens with zero attached hydrogens (tertiary/aromatic N) is 2. The number of anilines is 2. The highest BCUT2D eigenvalue weighted by molar-refractivity contribution is 6.17. The summed E-state index contributed by atoms with van der Waals surface area (Å²) in [6.07, 6.45) is 3.14. The molecule has 6 heteroatoms. The third kappa shape index (κ3) is 4.08. The molecule has 0 radical (unpaired) electrons. The van der Waals surface area contributed by atoms with Crippen molar-refractivity contribution >= 4 is 35.4 Å². The van der Waals surface area contributed by atoms with E-state index in [0.717, 1.165) is 55.8 Å². The molecule has 0 N–H and O–H groups in total. The lowest BCUT2D eigenvalue weighted by Crippen LogP contribution is -2.45. The fraction of sp³-hybridized carbons (Fsp3) is 0.429. The number of alkyl halides is 1. The molecule has 2 aromatic carbocycles. The normalized spacial score (nSPS) is 21.5. The van der Waals surface area contributed by atoms with E-state index >= 15 is 0 Å². The Balaban J connectivity index is 0.00000210. The van der Waals surface area contributed by atoms with Gasteiger partial charge in [0, 0.05) is 42.3 Å². The summed E-state index contributed by atoms with van der Waals surface area (Å²) in [5.41, 5.74) is 3.10. The van der Waals surface area contributed by atoms with Gasteiger partial charge in [0.25, 0.3) is 0 Å². The summed E-state index contributed by atoms with van der Waals surface area (Å²) in [7, 11) is 0. The van der Waals surface area contributed by atoms with Gasteiger partial charge in [-0.3, -0.25) is 0 Å². The number of benzene rings is 2. The molecule has 27 heavy (non-hydrogen) atoms. The Labute approximate surface area is 170 Å². The van der Waals surface area contributed by atoms with E-state index < -0.39 is 0 Å². The highest BCUT2D eigenvalue weighted by atomic mass is 35.5. The van der Waals surface area contributed by atoms with Gasteiger partial charge in [0.15, 0.2) is 0 Å². The number of halogens is 4. The Morgan fingerprint density at radius 3 is 2.48 bits per heavy atom. The number of likely N-dealkylation sites (tertiary alicyclic amines) is 1. The standard InChI is InChI=1S/C21H23ClF2N2.ClH/c22-10-1-2-11-25-12-9-21-19(14-25)18-13-16(24)5-8-20(18)26(21)17-6-3-15(23)4-7-17;/h3-8,13,19,21H,1-2,9-12,14H2;1H. The van der Waals surface area contributed by atoms with Crippen molar-refractivity contribution in [2.45, 2.75) is 31.2 Å². The molecule has 2 aliphatic rings. The van der Waals surface area contributed by atoms with E-state index in [-0.39, 0.29) is 30.0 Å². The van der Waals surface area contributed by atoms with E-state index in [1.165, 1.54) is 18.2 Å². The molecule has 0 saturated carbocycles. The predicted molar refractivity (Wildman–Crippen MR) is 110 cm³/mol. The van der Waals surface area contributed by atoms with Gasteiger partial charge in [-0.25, -0.2) is 8.78 Å². The largest absolute Gasteiger partial charge is 0.337 e. The van der Waals surface area contributed by atoms with Gasteiger partial charge in [-0.1, -0.05) is 0 Å². The Bertz CT molecular complexity index is 769. The molecule has 2 unspecified atom stereocenters. The van der Waals surface area contributed by atoms with Gasteiger partial charge in [0.2, 0.25) is 0 Å². The summed E-state index contributed by atoms with van der Waals surface area (Å²) in [5.74, 6) is 0.544. The van der Waals surface area contributed by atoms with Gasteiger partial charge >= 0.3 is 0 Å². The lowest BCUT2D eigenvalue weighted by atomic mass is 9.89. The maximum absolute atomic E-state index is 14.0. The van der Waals surface area contributed by atoms with E-state index in [2.05, 4.69) is 9.80 Å². The SMILES string of the molecule is Cl.Fc1ccc(N2c3ccc(F)cc3C3CN(CCCCCl)CCC32)cc1. The number of hydrogen-bond acceptors (Lipinski definition) is 2. The monoisotopic (exact) mass is 412 g/mol. The van der Waals surface area contributed by atoms with Crippen molar-refractivity contribution in [3.8, 4) is 0 Å². The van der Waals surface area contributed by atoms with Crippen LogP contribution in [0.5, 0.6) is 0 Å². The first-order chi connectivity index (χ1) is 12.7. The van der Waals surface area contributed by atoms with E-state index in [1.807, 2.05) is 18.2 Å². The van der Waals surface area contributed by atoms with Crippen molar-refractivity contribution in [1.29, 1.82) is 0 Å². The number of unbranched alkanes of at least 4 members (excludes halogenated alkanes) is 1. The topological polar surface area (TPSA) is 6.48 Å². The molecule has 0 spiro atoms. The summed E-state index contributed by atoms with van der Waals surface area (Å²) in [5, 5.41) is 0. The molecule has 4 rings (SSSR count). The van der Waals surface area contributed by atoms with Crippen molar-refractivity contribution in [2.24, 2.45) is 0 Å². The minimum absolute atomic E-state index is 0. The van der Waals surface area contributed by atoms with Crippen LogP contribution in [-0.4, -0.2) is 36.5 Å². The van der Waals surface area contributed by atoms with E-state index in [9.17, 15) is 8.78 Å². The van der Waals surface area contributed by atoms with Crippen LogP contribution in [0, 0.1) is 11.6 Å². The second-order valence-corrected chi connectivity index (χ2v) is 7.59. The lowest BCUT2D eigenvalue weighted by Gasteiger charge is -2.39. The maximum Gasteiger partial charge on any atom is 0.123 e. The van der Waals surface area contributed by atoms with Gasteiger partial charge < -0.3 is 9.80 Å². The van der Waals surface area contributed by atoms with Crippen LogP contribution in [-0.2, 0) is 0 Å². The summed E-state index contributed by atoms with van der Waals surface area (Å²) in [4.78, 5) is 4.74. The average molecular weight is 413 g/mol. The van der Waals surface area contributed by atoms with Crippen LogP contribution in [0.15, 0.2) is 42.5 Å². The van der Waals surface area contributed by atoms with Gasteiger partial charge in [-0.05, 0) is 73.8 Å². The molecular weight excluding hydrogens is 389 g/mol. The van der Waals surface area contributed by atoms with Crippen LogP contribution in [0.3, 0.4) is 0 Å². The van der Waals surface area contributed by atoms with Crippen molar-refractivity contribution < 1.29 is 8.78 Å². The van der Waals surface area contributed by atoms with Gasteiger partial charge in [0.05, 0.1) is 0 Å². The average Bonchev–Trinajstić information content (AvgIpc) is 2.96. The highest BCUT2D eigenvalue weighted by Crippen LogP contribution is 2.48. The third-order valence-electron chi connectivity index (χ3n) is 5.60. The van der Waals surface area contributed by atoms with E-state index in [1.54, 1.807) is 6.07 Å². The van der Waals surface area contributed by atoms with E-state index in [0.29, 0.717) is 11.9 Å². The molecule has 0 amide bonds. The Kier molecular flexibility index (Phi) is 6.61. The molecule has 0 bridgehead atoms. The van der Waals surface area contributed by atoms with Crippen LogP contribution in [0.2, 0.25) is 0 Å². The summed E-state index contributed by atoms with van der Waals surface area (Å²) < 4.78 is 27.3. The first-order valence-corrected chi connectivity index (χ1v) is 9.83. The summed E-state index contributed by atoms with van der Waals surface area (Å²) >= 11 is 5.80. The molecule has 1 fully saturated rings. The molecular formula is C21H24Cl2F2N2. The Hall–Kier alpha value is -1.36. The zero-order chi connectivity index (χ0) is 18.1. The molecule has 2 aliphatic heterocycles. The molecule has 2 heterocycles. The Morgan fingerprint density at radius 2 is 1.74 bits per heavy atom. The number of rotatable bonds is 5. The second-order valence-electron chi connectivity index (χ2n) is 7.21. The number of fused-ring (bicyclic) bond motifs is 3. The van der Waals surface area contributed by atoms with Crippen molar-refractivity contribution in [3.05, 3.63) is 59.7 Å². The quantitative estimate of drug-likeness (QED) is 0.457. The minimum atomic E-state index is -0.238. The van der Waals surface area contributed by atoms with Gasteiger partial charge in [-0.15, -0.1) is 24.0 Å². The van der Waals surface area contributed by atoms with Crippen LogP contribution in [0.4, 0.5) is 20.2 Å². The van der Waals surface area contributed by atoms with E-state index in [4.69, 9.17) is 11.6 Å². The van der Waals surface area contributed by atoms with Crippen LogP contribution in [0.1, 0.15) is 30.7 Å². The fourth-order valence-corrected chi connectivity index (χ4v) is 4.60. The third-order valence-corrected chi connectivity index (χ3v) is 5.87. The molecule has 2 nitrogen and oxygen atoms in total. The molecule has 2 atom stereocenters. The first-order valence-electron chi connectivity index (χ1n) is 9.30. The number of piperidine rings is 1. The molecule has 146 valence electrons. The predicted octanol–water partition coefficient (Wildman–Crippen LogP) is 5.72. The summed E-state index contributed by atoms with van der Waals surface area (Å²) in [6, 6.07) is 12.0. The van der Waals surface area contributed by atoms with Crippen molar-refractivity contribution in [1.82, 2.24) is 4.90 Å². The first kappa shape index (κ1) is 20.4. The van der Waals surface area contributed by atoms with Crippen LogP contribution in [0.25, 0.3) is 0 Å². The van der Waals surface area contributed by atoms with Crippen LogP contribution >= 0.6 is 24.0 Å². The van der Waals surface area contributed by atoms with Crippen molar-refractivity contribution in [3.63, 3.8) is 0 Å². The minimum Gasteiger partial charge on any atom is -0.337 e. The van der Waals surface area contributed by atoms with Crippen LogP contribution < -0.4 is 4.90 Å². The molecule has 1 saturated heterocycles. The maximum atomic E-state index is 14.0. The summed E-state index contributed by atoms with van der Waals surface area (Å²) in [6.45, 7) is 3.00. The van der Waals surface area contributed by atoms with Gasteiger partial charge in [-0.2, -0.15) is 0 Å².